The maximum absolute atomic E-state index is 11.3. The van der Waals surface area contributed by atoms with Crippen molar-refractivity contribution >= 4 is 17.0 Å². The van der Waals surface area contributed by atoms with Crippen LogP contribution in [0.1, 0.15) is 122 Å². The van der Waals surface area contributed by atoms with Crippen LogP contribution >= 0.6 is 0 Å². The molecule has 1 aromatic carbocycles. The van der Waals surface area contributed by atoms with Crippen LogP contribution in [0, 0.1) is 0 Å². The van der Waals surface area contributed by atoms with E-state index in [4.69, 9.17) is 9.72 Å². The molecule has 0 aliphatic carbocycles. The molecule has 0 amide bonds. The van der Waals surface area contributed by atoms with Gasteiger partial charge in [-0.1, -0.05) is 96.8 Å². The van der Waals surface area contributed by atoms with E-state index in [-0.39, 0.29) is 5.97 Å². The second-order valence-electron chi connectivity index (χ2n) is 10.8. The predicted molar refractivity (Wildman–Crippen MR) is 153 cm³/mol. The fourth-order valence-corrected chi connectivity index (χ4v) is 5.03. The summed E-state index contributed by atoms with van der Waals surface area (Å²) in [7, 11) is 4.24. The maximum Gasteiger partial charge on any atom is 0.308 e. The Kier molecular flexibility index (Phi) is 15.5. The maximum atomic E-state index is 11.3. The zero-order chi connectivity index (χ0) is 26.0. The molecule has 5 heteroatoms. The molecule has 1 heterocycles. The van der Waals surface area contributed by atoms with E-state index in [1.807, 2.05) is 18.2 Å². The van der Waals surface area contributed by atoms with E-state index in [9.17, 15) is 4.79 Å². The number of benzene rings is 1. The lowest BCUT2D eigenvalue weighted by Gasteiger charge is -2.12. The van der Waals surface area contributed by atoms with Gasteiger partial charge in [-0.15, -0.1) is 0 Å². The van der Waals surface area contributed by atoms with Gasteiger partial charge in [0.2, 0.25) is 0 Å². The van der Waals surface area contributed by atoms with E-state index in [0.717, 1.165) is 37.0 Å². The number of nitrogens with zero attached hydrogens (tertiary/aromatic N) is 3. The Morgan fingerprint density at radius 3 is 1.92 bits per heavy atom. The molecule has 5 nitrogen and oxygen atoms in total. The molecule has 2 aromatic rings. The summed E-state index contributed by atoms with van der Waals surface area (Å²) in [5.41, 5.74) is 2.06. The van der Waals surface area contributed by atoms with Crippen LogP contribution in [-0.2, 0) is 17.8 Å². The highest BCUT2D eigenvalue weighted by Crippen LogP contribution is 2.24. The van der Waals surface area contributed by atoms with Crippen LogP contribution in [-0.4, -0.2) is 41.1 Å². The number of aromatic nitrogens is 2. The predicted octanol–water partition coefficient (Wildman–Crippen LogP) is 8.33. The van der Waals surface area contributed by atoms with Crippen molar-refractivity contribution in [2.24, 2.45) is 0 Å². The minimum absolute atomic E-state index is 0.294. The van der Waals surface area contributed by atoms with Crippen molar-refractivity contribution in [1.82, 2.24) is 14.5 Å². The van der Waals surface area contributed by atoms with E-state index in [2.05, 4.69) is 30.5 Å². The van der Waals surface area contributed by atoms with Gasteiger partial charge in [0, 0.05) is 26.0 Å². The van der Waals surface area contributed by atoms with Gasteiger partial charge in [0.05, 0.1) is 11.0 Å². The minimum Gasteiger partial charge on any atom is -0.427 e. The summed E-state index contributed by atoms with van der Waals surface area (Å²) in [6.07, 6.45) is 22.8. The standard InChI is InChI=1S/C31H53N3O2/c1-5-6-7-8-9-10-11-12-13-14-15-16-17-18-19-21-31-32-29-26-28(36-27(2)35)22-23-30(29)34(31)25-20-24-33(3)4/h22-23,26H,5-21,24-25H2,1-4H3. The number of aryl methyl sites for hydroxylation is 2. The number of hydrogen-bond donors (Lipinski definition) is 0. The van der Waals surface area contributed by atoms with E-state index in [1.165, 1.54) is 109 Å². The molecule has 0 atom stereocenters. The van der Waals surface area contributed by atoms with Crippen LogP contribution in [0.25, 0.3) is 11.0 Å². The lowest BCUT2D eigenvalue weighted by atomic mass is 10.0. The number of esters is 1. The normalized spacial score (nSPS) is 11.6. The monoisotopic (exact) mass is 499 g/mol. The number of ether oxygens (including phenoxy) is 1. The molecule has 0 unspecified atom stereocenters. The summed E-state index contributed by atoms with van der Waals surface area (Å²) in [5.74, 6) is 1.45. The Morgan fingerprint density at radius 2 is 1.39 bits per heavy atom. The smallest absolute Gasteiger partial charge is 0.308 e. The van der Waals surface area contributed by atoms with Gasteiger partial charge in [0.1, 0.15) is 11.6 Å². The lowest BCUT2D eigenvalue weighted by Crippen LogP contribution is -2.16. The topological polar surface area (TPSA) is 47.4 Å². The second-order valence-corrected chi connectivity index (χ2v) is 10.8. The Hall–Kier alpha value is -1.88. The van der Waals surface area contributed by atoms with E-state index in [0.29, 0.717) is 5.75 Å². The average Bonchev–Trinajstić information content (AvgIpc) is 3.17. The molecule has 0 fully saturated rings. The minimum atomic E-state index is -0.294. The number of unbranched alkanes of at least 4 members (excludes halogenated alkanes) is 14. The van der Waals surface area contributed by atoms with Gasteiger partial charge >= 0.3 is 5.97 Å². The molecule has 0 N–H and O–H groups in total. The molecule has 0 saturated carbocycles. The highest BCUT2D eigenvalue weighted by atomic mass is 16.5. The quantitative estimate of drug-likeness (QED) is 0.0984. The first kappa shape index (κ1) is 30.3. The zero-order valence-electron chi connectivity index (χ0n) is 23.8. The summed E-state index contributed by atoms with van der Waals surface area (Å²) in [6.45, 7) is 5.75. The van der Waals surface area contributed by atoms with Gasteiger partial charge in [0.25, 0.3) is 0 Å². The number of hydrogen-bond acceptors (Lipinski definition) is 4. The highest BCUT2D eigenvalue weighted by Gasteiger charge is 2.12. The third-order valence-corrected chi connectivity index (χ3v) is 7.05. The first-order valence-corrected chi connectivity index (χ1v) is 14.8. The Labute approximate surface area is 221 Å². The van der Waals surface area contributed by atoms with Crippen molar-refractivity contribution in [2.45, 2.75) is 130 Å². The number of carbonyl (C=O) groups is 1. The number of rotatable bonds is 21. The lowest BCUT2D eigenvalue weighted by molar-refractivity contribution is -0.131. The van der Waals surface area contributed by atoms with Crippen LogP contribution in [0.2, 0.25) is 0 Å². The van der Waals surface area contributed by atoms with Gasteiger partial charge in [-0.25, -0.2) is 4.98 Å². The Bertz CT molecular complexity index is 859. The van der Waals surface area contributed by atoms with Gasteiger partial charge in [-0.2, -0.15) is 0 Å². The Balaban J connectivity index is 1.68. The summed E-state index contributed by atoms with van der Waals surface area (Å²) in [4.78, 5) is 18.5. The SMILES string of the molecule is CCCCCCCCCCCCCCCCCc1nc2cc(OC(C)=O)ccc2n1CCCN(C)C. The van der Waals surface area contributed by atoms with Crippen LogP contribution < -0.4 is 4.74 Å². The highest BCUT2D eigenvalue weighted by molar-refractivity contribution is 5.79. The molecule has 36 heavy (non-hydrogen) atoms. The molecule has 0 bridgehead atoms. The number of carbonyl (C=O) groups excluding carboxylic acids is 1. The fraction of sp³-hybridized carbons (Fsp3) is 0.742. The largest absolute Gasteiger partial charge is 0.427 e. The summed E-state index contributed by atoms with van der Waals surface area (Å²) >= 11 is 0. The van der Waals surface area contributed by atoms with Crippen LogP contribution in [0.5, 0.6) is 5.75 Å². The van der Waals surface area contributed by atoms with Crippen LogP contribution in [0.4, 0.5) is 0 Å². The third kappa shape index (κ3) is 12.4. The van der Waals surface area contributed by atoms with Crippen molar-refractivity contribution < 1.29 is 9.53 Å². The van der Waals surface area contributed by atoms with Gasteiger partial charge in [-0.05, 0) is 45.6 Å². The Morgan fingerprint density at radius 1 is 0.833 bits per heavy atom. The molecule has 1 aromatic heterocycles. The van der Waals surface area contributed by atoms with Crippen molar-refractivity contribution in [3.63, 3.8) is 0 Å². The summed E-state index contributed by atoms with van der Waals surface area (Å²) < 4.78 is 7.65. The van der Waals surface area contributed by atoms with Crippen molar-refractivity contribution in [1.29, 1.82) is 0 Å². The first-order valence-electron chi connectivity index (χ1n) is 14.8. The van der Waals surface area contributed by atoms with Gasteiger partial charge < -0.3 is 14.2 Å². The zero-order valence-corrected chi connectivity index (χ0v) is 23.8. The van der Waals surface area contributed by atoms with E-state index in [1.54, 1.807) is 0 Å². The molecular formula is C31H53N3O2. The van der Waals surface area contributed by atoms with E-state index < -0.39 is 0 Å². The van der Waals surface area contributed by atoms with Crippen LogP contribution in [0.3, 0.4) is 0 Å². The summed E-state index contributed by atoms with van der Waals surface area (Å²) in [5, 5.41) is 0. The van der Waals surface area contributed by atoms with Crippen molar-refractivity contribution in [3.05, 3.63) is 24.0 Å². The van der Waals surface area contributed by atoms with Crippen molar-refractivity contribution in [2.75, 3.05) is 20.6 Å². The molecule has 0 saturated heterocycles. The van der Waals surface area contributed by atoms with Crippen molar-refractivity contribution in [3.8, 4) is 5.75 Å². The summed E-state index contributed by atoms with van der Waals surface area (Å²) in [6, 6.07) is 5.83. The first-order chi connectivity index (χ1) is 17.5. The van der Waals surface area contributed by atoms with Gasteiger partial charge in [0.15, 0.2) is 0 Å². The molecule has 0 aliphatic heterocycles. The molecule has 0 radical (unpaired) electrons. The fourth-order valence-electron chi connectivity index (χ4n) is 5.03. The van der Waals surface area contributed by atoms with Crippen LogP contribution in [0.15, 0.2) is 18.2 Å². The molecule has 204 valence electrons. The number of imidazole rings is 1. The molecule has 2 rings (SSSR count). The van der Waals surface area contributed by atoms with Gasteiger partial charge in [-0.3, -0.25) is 4.79 Å². The second kappa shape index (κ2) is 18.4. The number of fused-ring (bicyclic) bond motifs is 1. The average molecular weight is 500 g/mol. The molecular weight excluding hydrogens is 446 g/mol. The third-order valence-electron chi connectivity index (χ3n) is 7.05. The van der Waals surface area contributed by atoms with E-state index >= 15 is 0 Å². The molecule has 0 aliphatic rings. The molecule has 0 spiro atoms.